The molecule has 150 valence electrons. The summed E-state index contributed by atoms with van der Waals surface area (Å²) in [6.45, 7) is 6.05. The van der Waals surface area contributed by atoms with Gasteiger partial charge in [-0.1, -0.05) is 30.3 Å². The van der Waals surface area contributed by atoms with Gasteiger partial charge in [-0.25, -0.2) is 10.4 Å². The number of carbonyl (C=O) groups is 1. The second-order valence-corrected chi connectivity index (χ2v) is 7.41. The van der Waals surface area contributed by atoms with E-state index in [0.717, 1.165) is 33.4 Å². The van der Waals surface area contributed by atoms with E-state index in [9.17, 15) is 4.79 Å². The normalized spacial score (nSPS) is 11.3. The van der Waals surface area contributed by atoms with Crippen molar-refractivity contribution < 1.29 is 4.79 Å². The van der Waals surface area contributed by atoms with Crippen molar-refractivity contribution in [2.45, 2.75) is 20.8 Å². The lowest BCUT2D eigenvalue weighted by Crippen LogP contribution is -2.18. The van der Waals surface area contributed by atoms with Gasteiger partial charge in [-0.2, -0.15) is 10.2 Å². The molecular formula is C24H23N5O. The lowest BCUT2D eigenvalue weighted by Gasteiger charge is -2.10. The molecule has 0 fully saturated rings. The average Bonchev–Trinajstić information content (AvgIpc) is 3.06. The van der Waals surface area contributed by atoms with Gasteiger partial charge < -0.3 is 0 Å². The van der Waals surface area contributed by atoms with Gasteiger partial charge in [0.25, 0.3) is 5.91 Å². The zero-order valence-corrected chi connectivity index (χ0v) is 17.5. The highest BCUT2D eigenvalue weighted by Gasteiger charge is 2.14. The van der Waals surface area contributed by atoms with Gasteiger partial charge in [-0.05, 0) is 50.1 Å². The fourth-order valence-electron chi connectivity index (χ4n) is 3.38. The number of fused-ring (bicyclic) bond motifs is 1. The molecule has 0 spiro atoms. The number of para-hydroxylation sites is 1. The number of carbonyl (C=O) groups excluding carboxylic acids is 1. The number of hydrazone groups is 1. The molecule has 6 heteroatoms. The molecule has 2 heterocycles. The molecule has 0 aliphatic carbocycles. The van der Waals surface area contributed by atoms with Crippen LogP contribution in [0.3, 0.4) is 0 Å². The van der Waals surface area contributed by atoms with Gasteiger partial charge in [-0.3, -0.25) is 9.48 Å². The monoisotopic (exact) mass is 397 g/mol. The summed E-state index contributed by atoms with van der Waals surface area (Å²) in [6.07, 6.45) is 3.46. The standard InChI is InChI=1S/C24H23N5O/c1-15-9-10-18(11-16(15)2)23-12-21(20-7-5-6-8-22(20)26-23)24(30)27-25-13-19-14-29(4)28-17(19)3/h5-14H,1-4H3,(H,27,30)/b25-13-. The first kappa shape index (κ1) is 19.5. The highest BCUT2D eigenvalue weighted by Crippen LogP contribution is 2.26. The molecule has 0 atom stereocenters. The van der Waals surface area contributed by atoms with E-state index in [-0.39, 0.29) is 5.91 Å². The van der Waals surface area contributed by atoms with Gasteiger partial charge in [0, 0.05) is 29.8 Å². The Hall–Kier alpha value is -3.80. The van der Waals surface area contributed by atoms with E-state index >= 15 is 0 Å². The summed E-state index contributed by atoms with van der Waals surface area (Å²) in [5.74, 6) is -0.281. The van der Waals surface area contributed by atoms with Gasteiger partial charge in [0.2, 0.25) is 0 Å². The Morgan fingerprint density at radius 3 is 2.60 bits per heavy atom. The first-order valence-electron chi connectivity index (χ1n) is 9.73. The second-order valence-electron chi connectivity index (χ2n) is 7.41. The Balaban J connectivity index is 1.70. The lowest BCUT2D eigenvalue weighted by atomic mass is 10.0. The van der Waals surface area contributed by atoms with Crippen LogP contribution in [0.5, 0.6) is 0 Å². The Labute approximate surface area is 175 Å². The molecule has 30 heavy (non-hydrogen) atoms. The minimum Gasteiger partial charge on any atom is -0.275 e. The van der Waals surface area contributed by atoms with Crippen molar-refractivity contribution in [1.29, 1.82) is 0 Å². The summed E-state index contributed by atoms with van der Waals surface area (Å²) in [6, 6.07) is 15.7. The molecule has 4 aromatic rings. The zero-order chi connectivity index (χ0) is 21.3. The summed E-state index contributed by atoms with van der Waals surface area (Å²) in [5.41, 5.74) is 9.79. The number of aromatic nitrogens is 3. The third-order valence-corrected chi connectivity index (χ3v) is 5.18. The maximum absolute atomic E-state index is 13.0. The summed E-state index contributed by atoms with van der Waals surface area (Å²) < 4.78 is 1.71. The number of nitrogens with one attached hydrogen (secondary N) is 1. The van der Waals surface area contributed by atoms with Crippen molar-refractivity contribution in [3.05, 3.63) is 82.7 Å². The number of benzene rings is 2. The number of hydrogen-bond acceptors (Lipinski definition) is 4. The topological polar surface area (TPSA) is 72.2 Å². The number of amides is 1. The Bertz CT molecular complexity index is 1290. The lowest BCUT2D eigenvalue weighted by molar-refractivity contribution is 0.0956. The third-order valence-electron chi connectivity index (χ3n) is 5.18. The fraction of sp³-hybridized carbons (Fsp3) is 0.167. The molecule has 1 N–H and O–H groups in total. The van der Waals surface area contributed by atoms with Crippen LogP contribution in [-0.2, 0) is 7.05 Å². The average molecular weight is 397 g/mol. The second kappa shape index (κ2) is 7.91. The van der Waals surface area contributed by atoms with Gasteiger partial charge in [0.1, 0.15) is 0 Å². The quantitative estimate of drug-likeness (QED) is 0.412. The van der Waals surface area contributed by atoms with Crippen LogP contribution >= 0.6 is 0 Å². The van der Waals surface area contributed by atoms with E-state index in [2.05, 4.69) is 41.6 Å². The van der Waals surface area contributed by atoms with E-state index in [1.54, 1.807) is 10.9 Å². The van der Waals surface area contributed by atoms with Crippen LogP contribution in [0.15, 0.2) is 59.8 Å². The molecule has 2 aromatic carbocycles. The van der Waals surface area contributed by atoms with Crippen molar-refractivity contribution in [1.82, 2.24) is 20.2 Å². The molecule has 0 aliphatic heterocycles. The fourth-order valence-corrected chi connectivity index (χ4v) is 3.38. The molecule has 0 radical (unpaired) electrons. The zero-order valence-electron chi connectivity index (χ0n) is 17.5. The van der Waals surface area contributed by atoms with E-state index in [1.807, 2.05) is 56.6 Å². The molecule has 0 saturated carbocycles. The Morgan fingerprint density at radius 2 is 1.87 bits per heavy atom. The Morgan fingerprint density at radius 1 is 1.07 bits per heavy atom. The van der Waals surface area contributed by atoms with Crippen molar-refractivity contribution >= 4 is 23.0 Å². The van der Waals surface area contributed by atoms with E-state index < -0.39 is 0 Å². The van der Waals surface area contributed by atoms with E-state index in [4.69, 9.17) is 4.98 Å². The Kier molecular flexibility index (Phi) is 5.14. The molecule has 0 saturated heterocycles. The molecule has 6 nitrogen and oxygen atoms in total. The van der Waals surface area contributed by atoms with Crippen LogP contribution in [0.4, 0.5) is 0 Å². The highest BCUT2D eigenvalue weighted by molar-refractivity contribution is 6.07. The molecular weight excluding hydrogens is 374 g/mol. The van der Waals surface area contributed by atoms with E-state index in [0.29, 0.717) is 5.56 Å². The minimum absolute atomic E-state index is 0.281. The largest absolute Gasteiger partial charge is 0.275 e. The molecule has 0 aliphatic rings. The third kappa shape index (κ3) is 3.85. The number of aryl methyl sites for hydroxylation is 4. The SMILES string of the molecule is Cc1ccc(-c2cc(C(=O)N/N=C\c3cn(C)nc3C)c3ccccc3n2)cc1C. The number of hydrogen-bond donors (Lipinski definition) is 1. The predicted octanol–water partition coefficient (Wildman–Crippen LogP) is 4.32. The van der Waals surface area contributed by atoms with Crippen LogP contribution in [0.1, 0.15) is 32.7 Å². The van der Waals surface area contributed by atoms with Crippen LogP contribution in [0, 0.1) is 20.8 Å². The van der Waals surface area contributed by atoms with Gasteiger partial charge in [-0.15, -0.1) is 0 Å². The summed E-state index contributed by atoms with van der Waals surface area (Å²) in [5, 5.41) is 9.19. The minimum atomic E-state index is -0.281. The number of pyridine rings is 1. The number of nitrogens with zero attached hydrogens (tertiary/aromatic N) is 4. The maximum atomic E-state index is 13.0. The van der Waals surface area contributed by atoms with Crippen molar-refractivity contribution in [2.75, 3.05) is 0 Å². The van der Waals surface area contributed by atoms with Gasteiger partial charge in [0.05, 0.1) is 28.7 Å². The molecule has 2 aromatic heterocycles. The summed E-state index contributed by atoms with van der Waals surface area (Å²) in [7, 11) is 1.85. The first-order chi connectivity index (χ1) is 14.4. The predicted molar refractivity (Wildman–Crippen MR) is 120 cm³/mol. The first-order valence-corrected chi connectivity index (χ1v) is 9.73. The van der Waals surface area contributed by atoms with Crippen LogP contribution in [0.25, 0.3) is 22.2 Å². The number of rotatable bonds is 4. The maximum Gasteiger partial charge on any atom is 0.272 e. The molecule has 0 unspecified atom stereocenters. The summed E-state index contributed by atoms with van der Waals surface area (Å²) in [4.78, 5) is 17.7. The summed E-state index contributed by atoms with van der Waals surface area (Å²) >= 11 is 0. The van der Waals surface area contributed by atoms with Crippen molar-refractivity contribution in [3.63, 3.8) is 0 Å². The van der Waals surface area contributed by atoms with Crippen molar-refractivity contribution in [2.24, 2.45) is 12.1 Å². The molecule has 4 rings (SSSR count). The van der Waals surface area contributed by atoms with Crippen LogP contribution in [0.2, 0.25) is 0 Å². The van der Waals surface area contributed by atoms with Crippen LogP contribution < -0.4 is 5.43 Å². The van der Waals surface area contributed by atoms with Crippen LogP contribution in [-0.4, -0.2) is 26.9 Å². The van der Waals surface area contributed by atoms with E-state index in [1.165, 1.54) is 11.1 Å². The molecule has 1 amide bonds. The van der Waals surface area contributed by atoms with Crippen molar-refractivity contribution in [3.8, 4) is 11.3 Å². The van der Waals surface area contributed by atoms with Gasteiger partial charge >= 0.3 is 0 Å². The molecule has 0 bridgehead atoms. The smallest absolute Gasteiger partial charge is 0.272 e. The highest BCUT2D eigenvalue weighted by atomic mass is 16.2. The van der Waals surface area contributed by atoms with Gasteiger partial charge in [0.15, 0.2) is 0 Å².